The molecule has 5 heteroatoms. The summed E-state index contributed by atoms with van der Waals surface area (Å²) in [7, 11) is 1.22. The molecule has 0 bridgehead atoms. The molecule has 1 aromatic rings. The Kier molecular flexibility index (Phi) is 3.53. The molecule has 0 aliphatic heterocycles. The van der Waals surface area contributed by atoms with Gasteiger partial charge in [-0.2, -0.15) is 0 Å². The van der Waals surface area contributed by atoms with Crippen LogP contribution in [0.25, 0.3) is 0 Å². The number of esters is 1. The fraction of sp³-hybridized carbons (Fsp3) is 0.333. The van der Waals surface area contributed by atoms with E-state index in [1.165, 1.54) is 13.3 Å². The number of ether oxygens (including phenoxy) is 1. The Morgan fingerprint density at radius 2 is 2.50 bits per heavy atom. The lowest BCUT2D eigenvalue weighted by Gasteiger charge is -2.07. The summed E-state index contributed by atoms with van der Waals surface area (Å²) < 4.78 is 17.0. The number of carbonyl (C=O) groups excluding carboxylic acids is 1. The van der Waals surface area contributed by atoms with Gasteiger partial charge in [-0.1, -0.05) is 0 Å². The Bertz CT molecular complexity index is 330. The van der Waals surface area contributed by atoms with Crippen LogP contribution in [0.1, 0.15) is 18.2 Å². The Morgan fingerprint density at radius 1 is 1.79 bits per heavy atom. The van der Waals surface area contributed by atoms with Crippen LogP contribution >= 0.6 is 0 Å². The van der Waals surface area contributed by atoms with E-state index in [9.17, 15) is 14.3 Å². The maximum atomic E-state index is 12.7. The normalized spacial score (nSPS) is 12.2. The molecule has 1 aromatic heterocycles. The number of nitrogens with zero attached hydrogens (tertiary/aromatic N) is 1. The van der Waals surface area contributed by atoms with Crippen molar-refractivity contribution < 1.29 is 19.0 Å². The summed E-state index contributed by atoms with van der Waals surface area (Å²) in [5, 5.41) is 9.42. The molecule has 0 saturated heterocycles. The number of carbonyl (C=O) groups is 1. The first-order valence-electron chi connectivity index (χ1n) is 4.00. The zero-order valence-corrected chi connectivity index (χ0v) is 7.61. The maximum Gasteiger partial charge on any atom is 0.308 e. The molecule has 1 rings (SSSR count). The van der Waals surface area contributed by atoms with Crippen molar-refractivity contribution in [3.8, 4) is 0 Å². The number of aliphatic hydroxyl groups excluding tert-OH is 1. The molecule has 0 saturated carbocycles. The Labute approximate surface area is 80.3 Å². The van der Waals surface area contributed by atoms with Gasteiger partial charge in [0.25, 0.3) is 0 Å². The van der Waals surface area contributed by atoms with Gasteiger partial charge in [0.15, 0.2) is 0 Å². The zero-order valence-electron chi connectivity index (χ0n) is 7.61. The van der Waals surface area contributed by atoms with E-state index in [-0.39, 0.29) is 12.1 Å². The van der Waals surface area contributed by atoms with Gasteiger partial charge in [0.2, 0.25) is 0 Å². The smallest absolute Gasteiger partial charge is 0.308 e. The van der Waals surface area contributed by atoms with E-state index in [1.807, 2.05) is 0 Å². The predicted octanol–water partition coefficient (Wildman–Crippen LogP) is 0.817. The molecular formula is C9H10FNO3. The number of rotatable bonds is 3. The molecule has 0 aliphatic carbocycles. The van der Waals surface area contributed by atoms with Gasteiger partial charge in [-0.25, -0.2) is 4.39 Å². The molecule has 0 spiro atoms. The van der Waals surface area contributed by atoms with Crippen molar-refractivity contribution in [3.05, 3.63) is 29.8 Å². The Balaban J connectivity index is 2.69. The van der Waals surface area contributed by atoms with E-state index in [0.717, 1.165) is 12.1 Å². The molecule has 0 radical (unpaired) electrons. The minimum Gasteiger partial charge on any atom is -0.469 e. The average Bonchev–Trinajstić information content (AvgIpc) is 2.17. The van der Waals surface area contributed by atoms with Crippen LogP contribution in [0.5, 0.6) is 0 Å². The lowest BCUT2D eigenvalue weighted by Crippen LogP contribution is -2.09. The second-order valence-corrected chi connectivity index (χ2v) is 2.69. The zero-order chi connectivity index (χ0) is 10.6. The highest BCUT2D eigenvalue weighted by Gasteiger charge is 2.14. The summed E-state index contributed by atoms with van der Waals surface area (Å²) in [5.74, 6) is -1.07. The molecule has 0 aromatic carbocycles. The third-order valence-electron chi connectivity index (χ3n) is 1.67. The molecule has 0 unspecified atom stereocenters. The lowest BCUT2D eigenvalue weighted by atomic mass is 10.1. The number of hydrogen-bond donors (Lipinski definition) is 1. The molecule has 1 heterocycles. The van der Waals surface area contributed by atoms with Crippen LogP contribution < -0.4 is 0 Å². The third-order valence-corrected chi connectivity index (χ3v) is 1.67. The van der Waals surface area contributed by atoms with Gasteiger partial charge in [-0.05, 0) is 12.1 Å². The van der Waals surface area contributed by atoms with Gasteiger partial charge < -0.3 is 9.84 Å². The van der Waals surface area contributed by atoms with E-state index >= 15 is 0 Å². The highest BCUT2D eigenvalue weighted by molar-refractivity contribution is 5.69. The molecule has 1 N–H and O–H groups in total. The quantitative estimate of drug-likeness (QED) is 0.732. The predicted molar refractivity (Wildman–Crippen MR) is 45.8 cm³/mol. The molecule has 0 amide bonds. The van der Waals surface area contributed by atoms with E-state index in [0.29, 0.717) is 0 Å². The van der Waals surface area contributed by atoms with Crippen LogP contribution in [0.4, 0.5) is 4.39 Å². The number of pyridine rings is 1. The molecule has 0 aliphatic rings. The van der Waals surface area contributed by atoms with Crippen molar-refractivity contribution >= 4 is 5.97 Å². The van der Waals surface area contributed by atoms with Crippen LogP contribution in [0.2, 0.25) is 0 Å². The molecule has 0 fully saturated rings. The molecule has 4 nitrogen and oxygen atoms in total. The van der Waals surface area contributed by atoms with E-state index in [2.05, 4.69) is 9.72 Å². The van der Waals surface area contributed by atoms with Gasteiger partial charge in [0, 0.05) is 6.20 Å². The number of aromatic nitrogens is 1. The highest BCUT2D eigenvalue weighted by atomic mass is 19.1. The van der Waals surface area contributed by atoms with Crippen LogP contribution in [0.15, 0.2) is 18.3 Å². The van der Waals surface area contributed by atoms with Gasteiger partial charge in [0.1, 0.15) is 11.9 Å². The van der Waals surface area contributed by atoms with Crippen molar-refractivity contribution in [1.82, 2.24) is 4.98 Å². The summed E-state index contributed by atoms with van der Waals surface area (Å²) in [4.78, 5) is 14.5. The average molecular weight is 199 g/mol. The van der Waals surface area contributed by atoms with E-state index in [4.69, 9.17) is 0 Å². The Morgan fingerprint density at radius 3 is 3.07 bits per heavy atom. The minimum absolute atomic E-state index is 0.121. The summed E-state index contributed by atoms with van der Waals surface area (Å²) in [6.45, 7) is 0. The number of halogens is 1. The second-order valence-electron chi connectivity index (χ2n) is 2.69. The fourth-order valence-corrected chi connectivity index (χ4v) is 0.949. The molecule has 14 heavy (non-hydrogen) atoms. The summed E-state index contributed by atoms with van der Waals surface area (Å²) >= 11 is 0. The summed E-state index contributed by atoms with van der Waals surface area (Å²) in [6.07, 6.45) is -0.129. The van der Waals surface area contributed by atoms with Crippen LogP contribution in [-0.2, 0) is 9.53 Å². The summed E-state index contributed by atoms with van der Waals surface area (Å²) in [6, 6.07) is 2.24. The van der Waals surface area contributed by atoms with Crippen molar-refractivity contribution in [2.45, 2.75) is 12.5 Å². The standard InChI is InChI=1S/C9H10FNO3/c1-14-9(13)5-8(12)7-4-6(10)2-3-11-7/h2-4,8,12H,5H2,1H3/t8-/m1/s1. The van der Waals surface area contributed by atoms with Gasteiger partial charge in [-0.15, -0.1) is 0 Å². The second kappa shape index (κ2) is 4.66. The van der Waals surface area contributed by atoms with E-state index < -0.39 is 17.9 Å². The van der Waals surface area contributed by atoms with Crippen molar-refractivity contribution in [3.63, 3.8) is 0 Å². The van der Waals surface area contributed by atoms with Crippen LogP contribution in [-0.4, -0.2) is 23.2 Å². The molecular weight excluding hydrogens is 189 g/mol. The first-order chi connectivity index (χ1) is 6.63. The van der Waals surface area contributed by atoms with Gasteiger partial charge >= 0.3 is 5.97 Å². The van der Waals surface area contributed by atoms with Gasteiger partial charge in [-0.3, -0.25) is 9.78 Å². The van der Waals surface area contributed by atoms with E-state index in [1.54, 1.807) is 0 Å². The first kappa shape index (κ1) is 10.6. The molecule has 1 atom stereocenters. The van der Waals surface area contributed by atoms with Crippen molar-refractivity contribution in [2.24, 2.45) is 0 Å². The monoisotopic (exact) mass is 199 g/mol. The first-order valence-corrected chi connectivity index (χ1v) is 4.00. The van der Waals surface area contributed by atoms with Crippen molar-refractivity contribution in [2.75, 3.05) is 7.11 Å². The number of hydrogen-bond acceptors (Lipinski definition) is 4. The minimum atomic E-state index is -1.13. The maximum absolute atomic E-state index is 12.7. The fourth-order valence-electron chi connectivity index (χ4n) is 0.949. The number of aliphatic hydroxyl groups is 1. The van der Waals surface area contributed by atoms with Crippen LogP contribution in [0.3, 0.4) is 0 Å². The Hall–Kier alpha value is -1.49. The SMILES string of the molecule is COC(=O)C[C@@H](O)c1cc(F)ccn1. The third kappa shape index (κ3) is 2.77. The largest absolute Gasteiger partial charge is 0.469 e. The summed E-state index contributed by atoms with van der Waals surface area (Å²) in [5.41, 5.74) is 0.121. The van der Waals surface area contributed by atoms with Gasteiger partial charge in [0.05, 0.1) is 19.2 Å². The molecule has 76 valence electrons. The van der Waals surface area contributed by atoms with Crippen molar-refractivity contribution in [1.29, 1.82) is 0 Å². The highest BCUT2D eigenvalue weighted by Crippen LogP contribution is 2.14. The number of methoxy groups -OCH3 is 1. The van der Waals surface area contributed by atoms with Crippen LogP contribution in [0, 0.1) is 5.82 Å². The topological polar surface area (TPSA) is 59.4 Å². The lowest BCUT2D eigenvalue weighted by molar-refractivity contribution is -0.142.